The van der Waals surface area contributed by atoms with Crippen LogP contribution in [-0.2, 0) is 22.6 Å². The predicted molar refractivity (Wildman–Crippen MR) is 87.4 cm³/mol. The van der Waals surface area contributed by atoms with Crippen LogP contribution in [0.25, 0.3) is 0 Å². The van der Waals surface area contributed by atoms with E-state index in [-0.39, 0.29) is 18.3 Å². The van der Waals surface area contributed by atoms with Gasteiger partial charge in [0.15, 0.2) is 0 Å². The molecule has 0 atom stereocenters. The molecule has 0 fully saturated rings. The Balaban J connectivity index is 2.11. The van der Waals surface area contributed by atoms with Gasteiger partial charge in [-0.15, -0.1) is 6.58 Å². The van der Waals surface area contributed by atoms with E-state index in [0.29, 0.717) is 25.2 Å². The predicted octanol–water partition coefficient (Wildman–Crippen LogP) is 2.84. The second kappa shape index (κ2) is 8.29. The van der Waals surface area contributed by atoms with Gasteiger partial charge in [-0.1, -0.05) is 24.3 Å². The summed E-state index contributed by atoms with van der Waals surface area (Å²) in [4.78, 5) is 13.4. The maximum atomic E-state index is 13.8. The first-order valence-electron chi connectivity index (χ1n) is 7.41. The zero-order valence-electron chi connectivity index (χ0n) is 13.2. The summed E-state index contributed by atoms with van der Waals surface area (Å²) in [5.41, 5.74) is 1.63. The number of methoxy groups -OCH3 is 1. The Morgan fingerprint density at radius 2 is 2.13 bits per heavy atom. The van der Waals surface area contributed by atoms with Crippen LogP contribution in [-0.4, -0.2) is 35.6 Å². The van der Waals surface area contributed by atoms with E-state index in [1.165, 1.54) is 13.2 Å². The Kier molecular flexibility index (Phi) is 6.11. The lowest BCUT2D eigenvalue weighted by Crippen LogP contribution is -2.31. The molecule has 0 radical (unpaired) electrons. The first-order chi connectivity index (χ1) is 11.1. The van der Waals surface area contributed by atoms with E-state index < -0.39 is 0 Å². The minimum atomic E-state index is -0.293. The molecule has 0 aliphatic carbocycles. The molecule has 1 heterocycles. The van der Waals surface area contributed by atoms with Gasteiger partial charge in [0.2, 0.25) is 0 Å². The summed E-state index contributed by atoms with van der Waals surface area (Å²) >= 11 is 0. The van der Waals surface area contributed by atoms with E-state index in [0.717, 1.165) is 5.69 Å². The van der Waals surface area contributed by atoms with Crippen molar-refractivity contribution in [1.82, 2.24) is 9.47 Å². The summed E-state index contributed by atoms with van der Waals surface area (Å²) < 4.78 is 20.5. The van der Waals surface area contributed by atoms with Crippen LogP contribution in [0.4, 0.5) is 4.39 Å². The normalized spacial score (nSPS) is 10.7. The fraction of sp³-hybridized carbons (Fsp3) is 0.278. The average Bonchev–Trinajstić information content (AvgIpc) is 2.96. The molecule has 0 N–H and O–H groups in total. The molecule has 4 nitrogen and oxygen atoms in total. The topological polar surface area (TPSA) is 34.5 Å². The fourth-order valence-electron chi connectivity index (χ4n) is 2.40. The highest BCUT2D eigenvalue weighted by Crippen LogP contribution is 2.13. The summed E-state index contributed by atoms with van der Waals surface area (Å²) in [6.07, 6.45) is 3.65. The van der Waals surface area contributed by atoms with Crippen molar-refractivity contribution in [3.05, 3.63) is 72.3 Å². The highest BCUT2D eigenvalue weighted by Gasteiger charge is 2.13. The number of nitrogens with zero attached hydrogens (tertiary/aromatic N) is 2. The number of ether oxygens (including phenoxy) is 1. The number of benzene rings is 1. The molecule has 0 saturated heterocycles. The Morgan fingerprint density at radius 1 is 1.35 bits per heavy atom. The summed E-state index contributed by atoms with van der Waals surface area (Å²) in [5.74, 6) is -0.510. The summed E-state index contributed by atoms with van der Waals surface area (Å²) in [6, 6.07) is 10.6. The van der Waals surface area contributed by atoms with E-state index in [2.05, 4.69) is 6.58 Å². The van der Waals surface area contributed by atoms with Gasteiger partial charge in [-0.05, 0) is 18.2 Å². The second-order valence-electron chi connectivity index (χ2n) is 5.25. The number of hydrogen-bond acceptors (Lipinski definition) is 3. The number of carbonyl (C=O) groups excluding carboxylic acids is 1. The van der Waals surface area contributed by atoms with Crippen LogP contribution in [0, 0.1) is 5.82 Å². The molecule has 1 aromatic heterocycles. The molecule has 0 amide bonds. The molecule has 5 heteroatoms. The Hall–Kier alpha value is -2.40. The molecule has 1 aromatic carbocycles. The SMILES string of the molecule is C=CCN(CC(=O)OC)Cc1cccn1Cc1ccccc1F. The highest BCUT2D eigenvalue weighted by molar-refractivity contribution is 5.71. The fourth-order valence-corrected chi connectivity index (χ4v) is 2.40. The van der Waals surface area contributed by atoms with Crippen molar-refractivity contribution in [3.63, 3.8) is 0 Å². The van der Waals surface area contributed by atoms with Crippen molar-refractivity contribution in [3.8, 4) is 0 Å². The zero-order valence-corrected chi connectivity index (χ0v) is 13.2. The third-order valence-electron chi connectivity index (χ3n) is 3.58. The van der Waals surface area contributed by atoms with Crippen LogP contribution >= 0.6 is 0 Å². The lowest BCUT2D eigenvalue weighted by atomic mass is 10.2. The van der Waals surface area contributed by atoms with Gasteiger partial charge in [0, 0.05) is 30.5 Å². The number of aromatic nitrogens is 1. The third-order valence-corrected chi connectivity index (χ3v) is 3.58. The first kappa shape index (κ1) is 17.0. The molecule has 2 rings (SSSR count). The van der Waals surface area contributed by atoms with Crippen molar-refractivity contribution in [1.29, 1.82) is 0 Å². The van der Waals surface area contributed by atoms with E-state index >= 15 is 0 Å². The highest BCUT2D eigenvalue weighted by atomic mass is 19.1. The number of halogens is 1. The molecule has 122 valence electrons. The van der Waals surface area contributed by atoms with Crippen molar-refractivity contribution in [2.24, 2.45) is 0 Å². The molecule has 0 spiro atoms. The van der Waals surface area contributed by atoms with E-state index in [1.807, 2.05) is 33.9 Å². The van der Waals surface area contributed by atoms with Crippen LogP contribution in [0.1, 0.15) is 11.3 Å². The number of hydrogen-bond donors (Lipinski definition) is 0. The van der Waals surface area contributed by atoms with Gasteiger partial charge >= 0.3 is 5.97 Å². The molecule has 0 aliphatic rings. The number of carbonyl (C=O) groups is 1. The van der Waals surface area contributed by atoms with Gasteiger partial charge in [0.1, 0.15) is 5.82 Å². The number of esters is 1. The van der Waals surface area contributed by atoms with Gasteiger partial charge in [-0.3, -0.25) is 9.69 Å². The van der Waals surface area contributed by atoms with Gasteiger partial charge < -0.3 is 9.30 Å². The maximum Gasteiger partial charge on any atom is 0.319 e. The van der Waals surface area contributed by atoms with Gasteiger partial charge in [-0.25, -0.2) is 4.39 Å². The second-order valence-corrected chi connectivity index (χ2v) is 5.25. The van der Waals surface area contributed by atoms with Gasteiger partial charge in [-0.2, -0.15) is 0 Å². The van der Waals surface area contributed by atoms with Crippen molar-refractivity contribution >= 4 is 5.97 Å². The molecule has 0 saturated carbocycles. The lowest BCUT2D eigenvalue weighted by molar-refractivity contribution is -0.141. The van der Waals surface area contributed by atoms with Crippen LogP contribution in [0.15, 0.2) is 55.3 Å². The molecular weight excluding hydrogens is 295 g/mol. The molecule has 0 aliphatic heterocycles. The molecule has 23 heavy (non-hydrogen) atoms. The summed E-state index contributed by atoms with van der Waals surface area (Å²) in [6.45, 7) is 5.48. The van der Waals surface area contributed by atoms with E-state index in [9.17, 15) is 9.18 Å². The van der Waals surface area contributed by atoms with Crippen molar-refractivity contribution in [2.75, 3.05) is 20.2 Å². The molecule has 2 aromatic rings. The molecular formula is C18H21FN2O2. The van der Waals surface area contributed by atoms with Crippen LogP contribution < -0.4 is 0 Å². The minimum absolute atomic E-state index is 0.188. The van der Waals surface area contributed by atoms with Gasteiger partial charge in [0.05, 0.1) is 20.2 Å². The standard InChI is InChI=1S/C18H21FN2O2/c1-3-10-20(14-18(22)23-2)13-16-8-6-11-21(16)12-15-7-4-5-9-17(15)19/h3-9,11H,1,10,12-14H2,2H3. The molecule has 0 unspecified atom stereocenters. The van der Waals surface area contributed by atoms with Crippen molar-refractivity contribution in [2.45, 2.75) is 13.1 Å². The third kappa shape index (κ3) is 4.79. The average molecular weight is 316 g/mol. The number of rotatable bonds is 8. The Labute approximate surface area is 135 Å². The van der Waals surface area contributed by atoms with E-state index in [1.54, 1.807) is 18.2 Å². The van der Waals surface area contributed by atoms with E-state index in [4.69, 9.17) is 4.74 Å². The monoisotopic (exact) mass is 316 g/mol. The molecule has 0 bridgehead atoms. The largest absolute Gasteiger partial charge is 0.468 e. The van der Waals surface area contributed by atoms with Crippen molar-refractivity contribution < 1.29 is 13.9 Å². The van der Waals surface area contributed by atoms with Crippen LogP contribution in [0.2, 0.25) is 0 Å². The summed E-state index contributed by atoms with van der Waals surface area (Å²) in [7, 11) is 1.37. The lowest BCUT2D eigenvalue weighted by Gasteiger charge is -2.20. The van der Waals surface area contributed by atoms with Crippen LogP contribution in [0.3, 0.4) is 0 Å². The van der Waals surface area contributed by atoms with Gasteiger partial charge in [0.25, 0.3) is 0 Å². The summed E-state index contributed by atoms with van der Waals surface area (Å²) in [5, 5.41) is 0. The quantitative estimate of drug-likeness (QED) is 0.555. The Morgan fingerprint density at radius 3 is 2.83 bits per heavy atom. The Bertz CT molecular complexity index is 667. The maximum absolute atomic E-state index is 13.8. The zero-order chi connectivity index (χ0) is 16.7. The first-order valence-corrected chi connectivity index (χ1v) is 7.41. The smallest absolute Gasteiger partial charge is 0.319 e. The van der Waals surface area contributed by atoms with Crippen LogP contribution in [0.5, 0.6) is 0 Å². The minimum Gasteiger partial charge on any atom is -0.468 e.